The van der Waals surface area contributed by atoms with E-state index < -0.39 is 6.09 Å². The molecule has 3 aliphatic heterocycles. The average molecular weight is 490 g/mol. The number of amides is 1. The van der Waals surface area contributed by atoms with Gasteiger partial charge >= 0.3 is 6.09 Å². The Bertz CT molecular complexity index is 1290. The van der Waals surface area contributed by atoms with Gasteiger partial charge < -0.3 is 20.5 Å². The molecule has 3 aliphatic rings. The molecule has 36 heavy (non-hydrogen) atoms. The van der Waals surface area contributed by atoms with Crippen molar-refractivity contribution in [3.8, 4) is 0 Å². The SMILES string of the molecule is CCC(c1ccnc(Nc2cc3cc(N4CCOC4=O)nc(N)c3cn2)c1)N1CCC2(CC1)COC2. The zero-order chi connectivity index (χ0) is 24.7. The van der Waals surface area contributed by atoms with E-state index in [0.29, 0.717) is 42.1 Å². The highest BCUT2D eigenvalue weighted by Gasteiger charge is 2.42. The van der Waals surface area contributed by atoms with Crippen LogP contribution in [-0.4, -0.2) is 65.4 Å². The second-order valence-electron chi connectivity index (χ2n) is 9.97. The van der Waals surface area contributed by atoms with Gasteiger partial charge in [-0.1, -0.05) is 6.92 Å². The quantitative estimate of drug-likeness (QED) is 0.532. The van der Waals surface area contributed by atoms with Gasteiger partial charge in [-0.25, -0.2) is 19.7 Å². The van der Waals surface area contributed by atoms with Crippen molar-refractivity contribution in [2.24, 2.45) is 5.41 Å². The van der Waals surface area contributed by atoms with Crippen LogP contribution in [0.5, 0.6) is 0 Å². The van der Waals surface area contributed by atoms with Gasteiger partial charge in [-0.2, -0.15) is 0 Å². The van der Waals surface area contributed by atoms with E-state index in [1.54, 1.807) is 6.20 Å². The molecule has 0 radical (unpaired) electrons. The first-order chi connectivity index (χ1) is 17.5. The van der Waals surface area contributed by atoms with Gasteiger partial charge in [-0.05, 0) is 67.6 Å². The van der Waals surface area contributed by atoms with Crippen LogP contribution in [0, 0.1) is 5.41 Å². The summed E-state index contributed by atoms with van der Waals surface area (Å²) in [6, 6.07) is 8.30. The summed E-state index contributed by atoms with van der Waals surface area (Å²) in [4.78, 5) is 29.5. The van der Waals surface area contributed by atoms with E-state index >= 15 is 0 Å². The van der Waals surface area contributed by atoms with Crippen LogP contribution in [0.2, 0.25) is 0 Å². The van der Waals surface area contributed by atoms with Gasteiger partial charge in [0.1, 0.15) is 29.9 Å². The van der Waals surface area contributed by atoms with Gasteiger partial charge in [-0.15, -0.1) is 0 Å². The summed E-state index contributed by atoms with van der Waals surface area (Å²) in [7, 11) is 0. The molecule has 188 valence electrons. The van der Waals surface area contributed by atoms with E-state index in [2.05, 4.69) is 44.2 Å². The Kier molecular flexibility index (Phi) is 5.85. The molecule has 6 heterocycles. The van der Waals surface area contributed by atoms with Crippen molar-refractivity contribution in [3.63, 3.8) is 0 Å². The zero-order valence-electron chi connectivity index (χ0n) is 20.4. The maximum Gasteiger partial charge on any atom is 0.415 e. The number of nitrogens with one attached hydrogen (secondary N) is 1. The fourth-order valence-electron chi connectivity index (χ4n) is 5.52. The fourth-order valence-corrected chi connectivity index (χ4v) is 5.52. The molecule has 3 aromatic rings. The van der Waals surface area contributed by atoms with Crippen molar-refractivity contribution in [2.75, 3.05) is 55.4 Å². The number of anilines is 4. The van der Waals surface area contributed by atoms with Crippen molar-refractivity contribution in [1.29, 1.82) is 0 Å². The molecule has 3 fully saturated rings. The number of rotatable bonds is 6. The minimum absolute atomic E-state index is 0.323. The van der Waals surface area contributed by atoms with Gasteiger partial charge in [0, 0.05) is 29.2 Å². The van der Waals surface area contributed by atoms with E-state index in [1.807, 2.05) is 18.3 Å². The molecule has 3 aromatic heterocycles. The van der Waals surface area contributed by atoms with Gasteiger partial charge in [0.15, 0.2) is 0 Å². The third kappa shape index (κ3) is 4.20. The highest BCUT2D eigenvalue weighted by Crippen LogP contribution is 2.41. The van der Waals surface area contributed by atoms with Crippen molar-refractivity contribution < 1.29 is 14.3 Å². The van der Waals surface area contributed by atoms with Crippen molar-refractivity contribution in [2.45, 2.75) is 32.2 Å². The maximum absolute atomic E-state index is 12.0. The van der Waals surface area contributed by atoms with Crippen molar-refractivity contribution in [1.82, 2.24) is 19.9 Å². The third-order valence-corrected chi connectivity index (χ3v) is 7.70. The summed E-state index contributed by atoms with van der Waals surface area (Å²) in [5.74, 6) is 2.18. The Morgan fingerprint density at radius 2 is 1.94 bits per heavy atom. The highest BCUT2D eigenvalue weighted by molar-refractivity contribution is 5.97. The molecule has 3 saturated heterocycles. The largest absolute Gasteiger partial charge is 0.447 e. The number of piperidine rings is 1. The summed E-state index contributed by atoms with van der Waals surface area (Å²) in [5.41, 5.74) is 7.84. The molecular formula is C26H31N7O3. The van der Waals surface area contributed by atoms with E-state index in [9.17, 15) is 4.79 Å². The molecule has 1 amide bonds. The number of carbonyl (C=O) groups excluding carboxylic acids is 1. The van der Waals surface area contributed by atoms with Crippen LogP contribution in [0.4, 0.5) is 28.1 Å². The Morgan fingerprint density at radius 1 is 1.14 bits per heavy atom. The first kappa shape index (κ1) is 22.9. The second kappa shape index (κ2) is 9.18. The lowest BCUT2D eigenvalue weighted by Gasteiger charge is -2.49. The van der Waals surface area contributed by atoms with Crippen molar-refractivity contribution >= 4 is 40.1 Å². The minimum Gasteiger partial charge on any atom is -0.447 e. The number of pyridine rings is 3. The molecule has 1 spiro atoms. The van der Waals surface area contributed by atoms with Gasteiger partial charge in [0.05, 0.1) is 19.8 Å². The number of fused-ring (bicyclic) bond motifs is 1. The third-order valence-electron chi connectivity index (χ3n) is 7.70. The predicted octanol–water partition coefficient (Wildman–Crippen LogP) is 3.87. The number of nitrogens with zero attached hydrogens (tertiary/aromatic N) is 5. The molecule has 3 N–H and O–H groups in total. The lowest BCUT2D eigenvalue weighted by Crippen LogP contribution is -2.51. The first-order valence-electron chi connectivity index (χ1n) is 12.6. The number of cyclic esters (lactones) is 1. The number of carbonyl (C=O) groups is 1. The monoisotopic (exact) mass is 489 g/mol. The van der Waals surface area contributed by atoms with Gasteiger partial charge in [0.25, 0.3) is 0 Å². The van der Waals surface area contributed by atoms with Gasteiger partial charge in [0.2, 0.25) is 0 Å². The molecule has 0 aliphatic carbocycles. The number of ether oxygens (including phenoxy) is 2. The molecule has 6 rings (SSSR count). The Hall–Kier alpha value is -3.50. The second-order valence-corrected chi connectivity index (χ2v) is 9.97. The molecule has 10 heteroatoms. The van der Waals surface area contributed by atoms with Crippen LogP contribution in [0.1, 0.15) is 37.8 Å². The normalized spacial score (nSPS) is 20.4. The summed E-state index contributed by atoms with van der Waals surface area (Å²) in [5, 5.41) is 4.90. The number of hydrogen-bond acceptors (Lipinski definition) is 9. The average Bonchev–Trinajstić information content (AvgIpc) is 3.30. The molecule has 1 atom stereocenters. The number of aromatic nitrogens is 3. The summed E-state index contributed by atoms with van der Waals surface area (Å²) >= 11 is 0. The van der Waals surface area contributed by atoms with Crippen LogP contribution >= 0.6 is 0 Å². The predicted molar refractivity (Wildman–Crippen MR) is 137 cm³/mol. The lowest BCUT2D eigenvalue weighted by atomic mass is 9.76. The van der Waals surface area contributed by atoms with Gasteiger partial charge in [-0.3, -0.25) is 9.80 Å². The summed E-state index contributed by atoms with van der Waals surface area (Å²) in [6.07, 6.45) is 6.58. The van der Waals surface area contributed by atoms with E-state index in [4.69, 9.17) is 15.2 Å². The summed E-state index contributed by atoms with van der Waals surface area (Å²) in [6.45, 7) is 7.08. The van der Waals surface area contributed by atoms with Crippen LogP contribution in [0.15, 0.2) is 36.7 Å². The van der Waals surface area contributed by atoms with Crippen LogP contribution < -0.4 is 16.0 Å². The number of likely N-dealkylation sites (tertiary alicyclic amines) is 1. The van der Waals surface area contributed by atoms with E-state index in [1.165, 1.54) is 23.3 Å². The Balaban J connectivity index is 1.22. The Morgan fingerprint density at radius 3 is 2.64 bits per heavy atom. The molecule has 1 unspecified atom stereocenters. The number of nitrogen functional groups attached to an aromatic ring is 1. The minimum atomic E-state index is -0.412. The molecule has 0 saturated carbocycles. The number of nitrogens with two attached hydrogens (primary N) is 1. The highest BCUT2D eigenvalue weighted by atomic mass is 16.6. The zero-order valence-corrected chi connectivity index (χ0v) is 20.4. The molecule has 0 bridgehead atoms. The summed E-state index contributed by atoms with van der Waals surface area (Å²) < 4.78 is 10.5. The standard InChI is InChI=1S/C26H31N7O3/c1-2-20(32-7-4-26(5-8-32)15-35-16-26)17-3-6-28-21(11-17)30-22-12-18-13-23(33-9-10-36-25(33)34)31-24(27)19(18)14-29-22/h3,6,11-14,20H,2,4-5,7-10,15-16H2,1H3,(H2,27,31)(H,28,29,30). The fraction of sp³-hybridized carbons (Fsp3) is 0.462. The number of hydrogen-bond donors (Lipinski definition) is 2. The van der Waals surface area contributed by atoms with Crippen molar-refractivity contribution in [3.05, 3.63) is 42.2 Å². The van der Waals surface area contributed by atoms with Crippen LogP contribution in [0.25, 0.3) is 10.8 Å². The molecular weight excluding hydrogens is 458 g/mol. The lowest BCUT2D eigenvalue weighted by molar-refractivity contribution is -0.143. The Labute approximate surface area is 209 Å². The van der Waals surface area contributed by atoms with Crippen LogP contribution in [0.3, 0.4) is 0 Å². The van der Waals surface area contributed by atoms with Crippen LogP contribution in [-0.2, 0) is 9.47 Å². The van der Waals surface area contributed by atoms with E-state index in [-0.39, 0.29) is 0 Å². The molecule has 0 aromatic carbocycles. The molecule has 10 nitrogen and oxygen atoms in total. The maximum atomic E-state index is 12.0. The van der Waals surface area contributed by atoms with E-state index in [0.717, 1.165) is 49.3 Å². The topological polar surface area (TPSA) is 119 Å². The first-order valence-corrected chi connectivity index (χ1v) is 12.6. The smallest absolute Gasteiger partial charge is 0.415 e.